The molecule has 0 saturated carbocycles. The summed E-state index contributed by atoms with van der Waals surface area (Å²) in [5, 5.41) is 11.1. The number of aliphatic hydroxyl groups excluding tert-OH is 1. The van der Waals surface area contributed by atoms with Crippen LogP contribution in [0.25, 0.3) is 5.57 Å². The minimum Gasteiger partial charge on any atom is -0.494 e. The maximum atomic E-state index is 12.9. The molecule has 4 rings (SSSR count). The number of hydrogen-bond acceptors (Lipinski definition) is 6. The van der Waals surface area contributed by atoms with Crippen molar-refractivity contribution in [1.82, 2.24) is 4.90 Å². The molecule has 1 aliphatic carbocycles. The fraction of sp³-hybridized carbons (Fsp3) is 0.310. The SMILES string of the molecule is CCOC(=O)C1=C=C(c2ccsc2)c2ccc(OCCCc3ccccc3)cc2C1N(C)C.CO. The molecule has 0 bridgehead atoms. The van der Waals surface area contributed by atoms with Gasteiger partial charge < -0.3 is 14.6 Å². The maximum Gasteiger partial charge on any atom is 0.343 e. The molecular formula is C29H33NO4S. The second-order valence-electron chi connectivity index (χ2n) is 8.20. The van der Waals surface area contributed by atoms with E-state index in [9.17, 15) is 4.79 Å². The van der Waals surface area contributed by atoms with E-state index in [1.807, 2.05) is 43.4 Å². The number of benzene rings is 2. The Morgan fingerprint density at radius 3 is 2.54 bits per heavy atom. The number of nitrogens with zero attached hydrogens (tertiary/aromatic N) is 1. The number of carbonyl (C=O) groups excluding carboxylic acids is 1. The predicted octanol–water partition coefficient (Wildman–Crippen LogP) is 5.50. The first kappa shape index (κ1) is 26.5. The molecule has 1 N–H and O–H groups in total. The minimum atomic E-state index is -0.330. The first-order chi connectivity index (χ1) is 17.1. The predicted molar refractivity (Wildman–Crippen MR) is 142 cm³/mol. The monoisotopic (exact) mass is 491 g/mol. The highest BCUT2D eigenvalue weighted by molar-refractivity contribution is 7.08. The number of ether oxygens (including phenoxy) is 2. The molecule has 3 aromatic rings. The summed E-state index contributed by atoms with van der Waals surface area (Å²) >= 11 is 1.63. The number of likely N-dealkylation sites (N-methyl/N-ethyl adjacent to an activating group) is 1. The fourth-order valence-electron chi connectivity index (χ4n) is 4.16. The number of carbonyl (C=O) groups is 1. The van der Waals surface area contributed by atoms with Gasteiger partial charge in [-0.25, -0.2) is 4.79 Å². The average molecular weight is 492 g/mol. The minimum absolute atomic E-state index is 0.255. The highest BCUT2D eigenvalue weighted by Crippen LogP contribution is 2.41. The highest BCUT2D eigenvalue weighted by Gasteiger charge is 2.32. The van der Waals surface area contributed by atoms with E-state index in [0.29, 0.717) is 18.8 Å². The Hall–Kier alpha value is -3.15. The molecule has 35 heavy (non-hydrogen) atoms. The lowest BCUT2D eigenvalue weighted by molar-refractivity contribution is -0.139. The van der Waals surface area contributed by atoms with Gasteiger partial charge in [-0.3, -0.25) is 4.90 Å². The Balaban J connectivity index is 0.00000167. The van der Waals surface area contributed by atoms with Crippen molar-refractivity contribution >= 4 is 22.9 Å². The van der Waals surface area contributed by atoms with Crippen LogP contribution in [0.3, 0.4) is 0 Å². The quantitative estimate of drug-likeness (QED) is 0.243. The molecule has 6 heteroatoms. The van der Waals surface area contributed by atoms with Crippen LogP contribution in [0.4, 0.5) is 0 Å². The third-order valence-corrected chi connectivity index (χ3v) is 6.35. The Morgan fingerprint density at radius 1 is 1.11 bits per heavy atom. The summed E-state index contributed by atoms with van der Waals surface area (Å²) in [5.41, 5.74) is 9.31. The third-order valence-electron chi connectivity index (χ3n) is 5.66. The summed E-state index contributed by atoms with van der Waals surface area (Å²) in [7, 11) is 4.94. The molecule has 0 aliphatic heterocycles. The molecule has 5 nitrogen and oxygen atoms in total. The van der Waals surface area contributed by atoms with Gasteiger partial charge in [-0.1, -0.05) is 36.1 Å². The topological polar surface area (TPSA) is 59.0 Å². The molecular weight excluding hydrogens is 458 g/mol. The molecule has 0 saturated heterocycles. The van der Waals surface area contributed by atoms with Gasteiger partial charge in [0.2, 0.25) is 0 Å². The molecule has 2 aromatic carbocycles. The largest absolute Gasteiger partial charge is 0.494 e. The summed E-state index contributed by atoms with van der Waals surface area (Å²) < 4.78 is 11.5. The van der Waals surface area contributed by atoms with Crippen LogP contribution in [0.15, 0.2) is 76.7 Å². The maximum absolute atomic E-state index is 12.9. The molecule has 1 unspecified atom stereocenters. The van der Waals surface area contributed by atoms with Crippen molar-refractivity contribution in [2.45, 2.75) is 25.8 Å². The number of hydrogen-bond donors (Lipinski definition) is 1. The average Bonchev–Trinajstić information content (AvgIpc) is 3.42. The number of rotatable bonds is 9. The van der Waals surface area contributed by atoms with E-state index >= 15 is 0 Å². The third kappa shape index (κ3) is 6.50. The first-order valence-electron chi connectivity index (χ1n) is 11.7. The number of fused-ring (bicyclic) bond motifs is 1. The Kier molecular flexibility index (Phi) is 9.88. The van der Waals surface area contributed by atoms with Crippen molar-refractivity contribution in [3.8, 4) is 5.75 Å². The Bertz CT molecular complexity index is 1160. The van der Waals surface area contributed by atoms with Crippen LogP contribution in [-0.2, 0) is 16.0 Å². The van der Waals surface area contributed by atoms with Crippen LogP contribution in [0.5, 0.6) is 5.75 Å². The van der Waals surface area contributed by atoms with E-state index in [4.69, 9.17) is 14.6 Å². The Labute approximate surface area is 211 Å². The van der Waals surface area contributed by atoms with E-state index in [1.165, 1.54) is 5.56 Å². The van der Waals surface area contributed by atoms with Gasteiger partial charge in [-0.05, 0) is 85.6 Å². The van der Waals surface area contributed by atoms with Crippen molar-refractivity contribution in [2.75, 3.05) is 34.4 Å². The molecule has 0 amide bonds. The summed E-state index contributed by atoms with van der Waals surface area (Å²) in [6.07, 6.45) is 1.92. The van der Waals surface area contributed by atoms with Crippen LogP contribution in [-0.4, -0.2) is 50.4 Å². The first-order valence-corrected chi connectivity index (χ1v) is 12.7. The lowest BCUT2D eigenvalue weighted by Gasteiger charge is -2.30. The number of thiophene rings is 1. The molecule has 1 heterocycles. The number of aliphatic hydroxyl groups is 1. The van der Waals surface area contributed by atoms with Crippen LogP contribution in [0.1, 0.15) is 41.6 Å². The second kappa shape index (κ2) is 13.1. The van der Waals surface area contributed by atoms with Crippen molar-refractivity contribution in [3.05, 3.63) is 98.9 Å². The fourth-order valence-corrected chi connectivity index (χ4v) is 4.81. The van der Waals surface area contributed by atoms with Crippen molar-refractivity contribution in [3.63, 3.8) is 0 Å². The number of aryl methyl sites for hydroxylation is 1. The van der Waals surface area contributed by atoms with E-state index in [-0.39, 0.29) is 12.0 Å². The van der Waals surface area contributed by atoms with E-state index in [2.05, 4.69) is 53.6 Å². The zero-order valence-electron chi connectivity index (χ0n) is 20.8. The van der Waals surface area contributed by atoms with Gasteiger partial charge in [-0.2, -0.15) is 11.3 Å². The Morgan fingerprint density at radius 2 is 1.89 bits per heavy atom. The molecule has 0 radical (unpaired) electrons. The van der Waals surface area contributed by atoms with Gasteiger partial charge in [-0.15, -0.1) is 0 Å². The van der Waals surface area contributed by atoms with Gasteiger partial charge in [0.25, 0.3) is 0 Å². The van der Waals surface area contributed by atoms with Gasteiger partial charge >= 0.3 is 5.97 Å². The summed E-state index contributed by atoms with van der Waals surface area (Å²) in [6.45, 7) is 2.79. The zero-order valence-corrected chi connectivity index (χ0v) is 21.6. The molecule has 0 spiro atoms. The van der Waals surface area contributed by atoms with Crippen LogP contribution in [0.2, 0.25) is 0 Å². The lowest BCUT2D eigenvalue weighted by Crippen LogP contribution is -2.28. The normalized spacial score (nSPS) is 14.3. The number of esters is 1. The van der Waals surface area contributed by atoms with Crippen molar-refractivity contribution in [2.24, 2.45) is 0 Å². The molecule has 1 atom stereocenters. The second-order valence-corrected chi connectivity index (χ2v) is 8.98. The molecule has 1 aliphatic rings. The molecule has 1 aromatic heterocycles. The van der Waals surface area contributed by atoms with Gasteiger partial charge in [0.15, 0.2) is 0 Å². The lowest BCUT2D eigenvalue weighted by atomic mass is 9.84. The van der Waals surface area contributed by atoms with Gasteiger partial charge in [0.05, 0.1) is 19.3 Å². The smallest absolute Gasteiger partial charge is 0.343 e. The van der Waals surface area contributed by atoms with E-state index in [0.717, 1.165) is 48.0 Å². The molecule has 184 valence electrons. The van der Waals surface area contributed by atoms with Gasteiger partial charge in [0.1, 0.15) is 11.3 Å². The molecule has 0 fully saturated rings. The van der Waals surface area contributed by atoms with E-state index < -0.39 is 0 Å². The highest BCUT2D eigenvalue weighted by atomic mass is 32.1. The van der Waals surface area contributed by atoms with Crippen LogP contribution >= 0.6 is 11.3 Å². The van der Waals surface area contributed by atoms with Crippen LogP contribution < -0.4 is 4.74 Å². The summed E-state index contributed by atoms with van der Waals surface area (Å²) in [6, 6.07) is 18.4. The standard InChI is InChI=1S/C28H29NO3S.CH4O/c1-4-31-28(30)26-18-24(21-14-16-33-19-21)23-13-12-22(17-25(23)27(26)29(2)3)32-15-8-11-20-9-6-5-7-10-20;1-2/h5-7,9-10,12-14,16-17,19,27H,4,8,11,15H2,1-3H3;2H,1H3. The van der Waals surface area contributed by atoms with Crippen molar-refractivity contribution in [1.29, 1.82) is 0 Å². The van der Waals surface area contributed by atoms with Gasteiger partial charge in [0, 0.05) is 18.2 Å². The van der Waals surface area contributed by atoms with Crippen molar-refractivity contribution < 1.29 is 19.4 Å². The zero-order chi connectivity index (χ0) is 25.2. The summed E-state index contributed by atoms with van der Waals surface area (Å²) in [4.78, 5) is 14.9. The summed E-state index contributed by atoms with van der Waals surface area (Å²) in [5.74, 6) is 0.479. The van der Waals surface area contributed by atoms with E-state index in [1.54, 1.807) is 11.3 Å². The van der Waals surface area contributed by atoms with Crippen LogP contribution in [0, 0.1) is 0 Å².